The van der Waals surface area contributed by atoms with Crippen molar-refractivity contribution in [3.63, 3.8) is 0 Å². The zero-order valence-electron chi connectivity index (χ0n) is 12.1. The third kappa shape index (κ3) is 4.49. The number of rotatable bonds is 6. The summed E-state index contributed by atoms with van der Waals surface area (Å²) in [4.78, 5) is 1.15. The number of anilines is 1. The van der Waals surface area contributed by atoms with Gasteiger partial charge in [0.2, 0.25) is 0 Å². The minimum Gasteiger partial charge on any atom is -0.493 e. The first-order chi connectivity index (χ1) is 9.67. The van der Waals surface area contributed by atoms with E-state index in [2.05, 4.69) is 44.2 Å². The Morgan fingerprint density at radius 3 is 2.75 bits per heavy atom. The Morgan fingerprint density at radius 2 is 2.00 bits per heavy atom. The van der Waals surface area contributed by atoms with Crippen LogP contribution < -0.4 is 10.5 Å². The smallest absolute Gasteiger partial charge is 0.122 e. The first-order valence-electron chi connectivity index (χ1n) is 6.89. The number of hydrogen-bond donors (Lipinski definition) is 1. The van der Waals surface area contributed by atoms with Crippen molar-refractivity contribution in [1.82, 2.24) is 0 Å². The van der Waals surface area contributed by atoms with Gasteiger partial charge in [-0.25, -0.2) is 0 Å². The normalized spacial score (nSPS) is 10.5. The van der Waals surface area contributed by atoms with E-state index in [4.69, 9.17) is 10.5 Å². The molecular formula is C17H21NOS. The van der Waals surface area contributed by atoms with Crippen molar-refractivity contribution in [1.29, 1.82) is 0 Å². The van der Waals surface area contributed by atoms with Gasteiger partial charge in [0, 0.05) is 22.4 Å². The van der Waals surface area contributed by atoms with Crippen molar-refractivity contribution in [2.24, 2.45) is 0 Å². The molecular weight excluding hydrogens is 266 g/mol. The fraction of sp³-hybridized carbons (Fsp3) is 0.294. The summed E-state index contributed by atoms with van der Waals surface area (Å²) in [6.07, 6.45) is 1.00. The fourth-order valence-electron chi connectivity index (χ4n) is 1.95. The molecule has 0 atom stereocenters. The van der Waals surface area contributed by atoms with E-state index in [1.54, 1.807) is 11.8 Å². The number of benzene rings is 2. The zero-order chi connectivity index (χ0) is 14.4. The van der Waals surface area contributed by atoms with E-state index in [1.165, 1.54) is 11.1 Å². The maximum atomic E-state index is 5.93. The second-order valence-corrected chi connectivity index (χ2v) is 5.91. The molecule has 0 aliphatic heterocycles. The van der Waals surface area contributed by atoms with Gasteiger partial charge in [-0.05, 0) is 31.0 Å². The standard InChI is InChI=1S/C17H21NOS/c1-3-7-19-16-9-15(18)10-17(11-16)20-12-14-6-4-5-13(2)8-14/h4-6,8-11H,3,7,12,18H2,1-2H3. The summed E-state index contributed by atoms with van der Waals surface area (Å²) in [5.41, 5.74) is 9.31. The Balaban J connectivity index is 2.03. The average molecular weight is 287 g/mol. The summed E-state index contributed by atoms with van der Waals surface area (Å²) in [6, 6.07) is 14.5. The van der Waals surface area contributed by atoms with Crippen LogP contribution >= 0.6 is 11.8 Å². The molecule has 0 saturated carbocycles. The van der Waals surface area contributed by atoms with Gasteiger partial charge in [0.15, 0.2) is 0 Å². The maximum Gasteiger partial charge on any atom is 0.122 e. The van der Waals surface area contributed by atoms with Gasteiger partial charge in [0.25, 0.3) is 0 Å². The molecule has 2 aromatic rings. The lowest BCUT2D eigenvalue weighted by atomic mass is 10.2. The molecule has 2 N–H and O–H groups in total. The Labute approximate surface area is 125 Å². The molecule has 0 unspecified atom stereocenters. The highest BCUT2D eigenvalue weighted by atomic mass is 32.2. The molecule has 0 spiro atoms. The molecule has 0 heterocycles. The first kappa shape index (κ1) is 14.8. The molecule has 0 aliphatic carbocycles. The average Bonchev–Trinajstić information content (AvgIpc) is 2.42. The third-order valence-electron chi connectivity index (χ3n) is 2.86. The minimum absolute atomic E-state index is 0.728. The van der Waals surface area contributed by atoms with Crippen LogP contribution in [0.2, 0.25) is 0 Å². The summed E-state index contributed by atoms with van der Waals surface area (Å²) in [6.45, 7) is 4.94. The number of aryl methyl sites for hydroxylation is 1. The lowest BCUT2D eigenvalue weighted by Gasteiger charge is -2.09. The van der Waals surface area contributed by atoms with E-state index in [0.29, 0.717) is 0 Å². The molecule has 3 heteroatoms. The van der Waals surface area contributed by atoms with Gasteiger partial charge in [-0.15, -0.1) is 11.8 Å². The molecule has 0 aliphatic rings. The molecule has 20 heavy (non-hydrogen) atoms. The number of ether oxygens (including phenoxy) is 1. The van der Waals surface area contributed by atoms with Gasteiger partial charge >= 0.3 is 0 Å². The number of thioether (sulfide) groups is 1. The molecule has 0 amide bonds. The van der Waals surface area contributed by atoms with Crippen molar-refractivity contribution < 1.29 is 4.74 Å². The van der Waals surface area contributed by atoms with Crippen molar-refractivity contribution in [3.8, 4) is 5.75 Å². The van der Waals surface area contributed by atoms with Crippen molar-refractivity contribution in [3.05, 3.63) is 53.6 Å². The van der Waals surface area contributed by atoms with Gasteiger partial charge < -0.3 is 10.5 Å². The van der Waals surface area contributed by atoms with Crippen LogP contribution in [-0.2, 0) is 5.75 Å². The predicted octanol–water partition coefficient (Wildman–Crippen LogP) is 4.66. The van der Waals surface area contributed by atoms with Gasteiger partial charge in [-0.3, -0.25) is 0 Å². The van der Waals surface area contributed by atoms with Crippen molar-refractivity contribution >= 4 is 17.4 Å². The van der Waals surface area contributed by atoms with E-state index in [0.717, 1.165) is 35.1 Å². The zero-order valence-corrected chi connectivity index (χ0v) is 12.9. The highest BCUT2D eigenvalue weighted by Gasteiger charge is 2.02. The molecule has 0 radical (unpaired) electrons. The van der Waals surface area contributed by atoms with Crippen LogP contribution in [0.1, 0.15) is 24.5 Å². The van der Waals surface area contributed by atoms with E-state index < -0.39 is 0 Å². The van der Waals surface area contributed by atoms with Gasteiger partial charge in [0.1, 0.15) is 5.75 Å². The summed E-state index contributed by atoms with van der Waals surface area (Å²) in [5.74, 6) is 1.80. The largest absolute Gasteiger partial charge is 0.493 e. The lowest BCUT2D eigenvalue weighted by Crippen LogP contribution is -1.96. The molecule has 0 saturated heterocycles. The second kappa shape index (κ2) is 7.25. The molecule has 2 rings (SSSR count). The Bertz CT molecular complexity index is 569. The SMILES string of the molecule is CCCOc1cc(N)cc(SCc2cccc(C)c2)c1. The molecule has 0 bridgehead atoms. The summed E-state index contributed by atoms with van der Waals surface area (Å²) in [5, 5.41) is 0. The second-order valence-electron chi connectivity index (χ2n) is 4.86. The number of nitrogens with two attached hydrogens (primary N) is 1. The van der Waals surface area contributed by atoms with Gasteiger partial charge in [0.05, 0.1) is 6.61 Å². The first-order valence-corrected chi connectivity index (χ1v) is 7.87. The van der Waals surface area contributed by atoms with Crippen LogP contribution in [0.4, 0.5) is 5.69 Å². The predicted molar refractivity (Wildman–Crippen MR) is 87.4 cm³/mol. The number of nitrogen functional groups attached to an aromatic ring is 1. The molecule has 106 valence electrons. The van der Waals surface area contributed by atoms with Crippen LogP contribution in [0, 0.1) is 6.92 Å². The third-order valence-corrected chi connectivity index (χ3v) is 3.91. The maximum absolute atomic E-state index is 5.93. The van der Waals surface area contributed by atoms with Crippen LogP contribution in [0.5, 0.6) is 5.75 Å². The fourth-order valence-corrected chi connectivity index (χ4v) is 2.88. The van der Waals surface area contributed by atoms with E-state index >= 15 is 0 Å². The van der Waals surface area contributed by atoms with Crippen molar-refractivity contribution in [2.75, 3.05) is 12.3 Å². The molecule has 0 fully saturated rings. The van der Waals surface area contributed by atoms with Crippen LogP contribution in [-0.4, -0.2) is 6.61 Å². The summed E-state index contributed by atoms with van der Waals surface area (Å²) < 4.78 is 5.65. The molecule has 2 nitrogen and oxygen atoms in total. The highest BCUT2D eigenvalue weighted by Crippen LogP contribution is 2.29. The lowest BCUT2D eigenvalue weighted by molar-refractivity contribution is 0.317. The van der Waals surface area contributed by atoms with Crippen LogP contribution in [0.15, 0.2) is 47.4 Å². The summed E-state index contributed by atoms with van der Waals surface area (Å²) in [7, 11) is 0. The van der Waals surface area contributed by atoms with Crippen LogP contribution in [0.3, 0.4) is 0 Å². The van der Waals surface area contributed by atoms with Crippen molar-refractivity contribution in [2.45, 2.75) is 30.9 Å². The summed E-state index contributed by atoms with van der Waals surface area (Å²) >= 11 is 1.78. The molecule has 0 aromatic heterocycles. The Kier molecular flexibility index (Phi) is 5.36. The quantitative estimate of drug-likeness (QED) is 0.620. The minimum atomic E-state index is 0.728. The Hall–Kier alpha value is -1.61. The van der Waals surface area contributed by atoms with Crippen LogP contribution in [0.25, 0.3) is 0 Å². The molecule has 2 aromatic carbocycles. The topological polar surface area (TPSA) is 35.2 Å². The van der Waals surface area contributed by atoms with E-state index in [-0.39, 0.29) is 0 Å². The van der Waals surface area contributed by atoms with Gasteiger partial charge in [-0.2, -0.15) is 0 Å². The highest BCUT2D eigenvalue weighted by molar-refractivity contribution is 7.98. The Morgan fingerprint density at radius 1 is 1.15 bits per heavy atom. The van der Waals surface area contributed by atoms with E-state index in [9.17, 15) is 0 Å². The van der Waals surface area contributed by atoms with Gasteiger partial charge in [-0.1, -0.05) is 36.8 Å². The monoisotopic (exact) mass is 287 g/mol. The van der Waals surface area contributed by atoms with E-state index in [1.807, 2.05) is 12.1 Å². The number of hydrogen-bond acceptors (Lipinski definition) is 3.